The van der Waals surface area contributed by atoms with Gasteiger partial charge in [0.15, 0.2) is 0 Å². The van der Waals surface area contributed by atoms with E-state index < -0.39 is 22.5 Å². The molecule has 9 heteroatoms. The number of hydrogen-bond acceptors (Lipinski definition) is 5. The molecule has 0 aliphatic heterocycles. The quantitative estimate of drug-likeness (QED) is 0.393. The third-order valence-electron chi connectivity index (χ3n) is 5.81. The van der Waals surface area contributed by atoms with Gasteiger partial charge in [-0.15, -0.1) is 0 Å². The first-order valence-electron chi connectivity index (χ1n) is 12.2. The van der Waals surface area contributed by atoms with Crippen LogP contribution in [0, 0.1) is 6.92 Å². The molecule has 0 saturated carbocycles. The predicted molar refractivity (Wildman–Crippen MR) is 146 cm³/mol. The van der Waals surface area contributed by atoms with Gasteiger partial charge in [-0.2, -0.15) is 0 Å². The lowest BCUT2D eigenvalue weighted by Crippen LogP contribution is -2.38. The number of ether oxygens (including phenoxy) is 1. The summed E-state index contributed by atoms with van der Waals surface area (Å²) in [7, 11) is -4.07. The molecule has 2 amide bonds. The standard InChI is InChI=1S/C28H33N3O5S/c1-5-30(6-2)28(33)25-10-8-9-11-26(25)29-27(32)20-31(22-14-16-23(17-15-22)36-7-3)37(34,35)24-18-12-21(4)13-19-24/h8-19H,5-7,20H2,1-4H3,(H,29,32). The van der Waals surface area contributed by atoms with E-state index in [0.717, 1.165) is 9.87 Å². The molecule has 196 valence electrons. The summed E-state index contributed by atoms with van der Waals surface area (Å²) in [4.78, 5) is 27.9. The Kier molecular flexibility index (Phi) is 9.30. The topological polar surface area (TPSA) is 96.0 Å². The van der Waals surface area contributed by atoms with Crippen molar-refractivity contribution in [2.45, 2.75) is 32.6 Å². The number of amides is 2. The number of sulfonamides is 1. The highest BCUT2D eigenvalue weighted by molar-refractivity contribution is 7.92. The van der Waals surface area contributed by atoms with Gasteiger partial charge in [-0.25, -0.2) is 8.42 Å². The first kappa shape index (κ1) is 27.7. The summed E-state index contributed by atoms with van der Waals surface area (Å²) in [5.41, 5.74) is 1.89. The zero-order chi connectivity index (χ0) is 27.0. The number of aryl methyl sites for hydroxylation is 1. The molecule has 0 atom stereocenters. The Morgan fingerprint density at radius 3 is 2.08 bits per heavy atom. The number of benzene rings is 3. The monoisotopic (exact) mass is 523 g/mol. The van der Waals surface area contributed by atoms with Crippen molar-refractivity contribution in [3.8, 4) is 5.75 Å². The minimum absolute atomic E-state index is 0.0666. The molecular formula is C28H33N3O5S. The van der Waals surface area contributed by atoms with Gasteiger partial charge in [0.1, 0.15) is 12.3 Å². The Bertz CT molecular complexity index is 1320. The van der Waals surface area contributed by atoms with Crippen molar-refractivity contribution in [3.05, 3.63) is 83.9 Å². The fourth-order valence-corrected chi connectivity index (χ4v) is 5.23. The molecule has 0 radical (unpaired) electrons. The lowest BCUT2D eigenvalue weighted by molar-refractivity contribution is -0.114. The molecule has 0 unspecified atom stereocenters. The third-order valence-corrected chi connectivity index (χ3v) is 7.60. The fourth-order valence-electron chi connectivity index (χ4n) is 3.81. The van der Waals surface area contributed by atoms with Gasteiger partial charge >= 0.3 is 0 Å². The number of carbonyl (C=O) groups excluding carboxylic acids is 2. The van der Waals surface area contributed by atoms with Crippen LogP contribution in [0.4, 0.5) is 11.4 Å². The number of carbonyl (C=O) groups is 2. The van der Waals surface area contributed by atoms with Crippen LogP contribution in [0.1, 0.15) is 36.7 Å². The molecule has 8 nitrogen and oxygen atoms in total. The Labute approximate surface area is 218 Å². The first-order valence-corrected chi connectivity index (χ1v) is 13.7. The molecule has 0 aliphatic rings. The van der Waals surface area contributed by atoms with E-state index in [1.165, 1.54) is 12.1 Å². The first-order chi connectivity index (χ1) is 17.7. The molecule has 1 N–H and O–H groups in total. The number of nitrogens with one attached hydrogen (secondary N) is 1. The van der Waals surface area contributed by atoms with E-state index in [0.29, 0.717) is 42.4 Å². The number of hydrogen-bond donors (Lipinski definition) is 1. The average molecular weight is 524 g/mol. The molecule has 0 spiro atoms. The van der Waals surface area contributed by atoms with Gasteiger partial charge in [-0.05, 0) is 76.2 Å². The van der Waals surface area contributed by atoms with Gasteiger partial charge in [0.05, 0.1) is 28.4 Å². The van der Waals surface area contributed by atoms with Crippen LogP contribution in [0.25, 0.3) is 0 Å². The summed E-state index contributed by atoms with van der Waals surface area (Å²) in [6.07, 6.45) is 0. The molecular weight excluding hydrogens is 490 g/mol. The van der Waals surface area contributed by atoms with Crippen molar-refractivity contribution < 1.29 is 22.7 Å². The van der Waals surface area contributed by atoms with Gasteiger partial charge < -0.3 is 15.0 Å². The summed E-state index contributed by atoms with van der Waals surface area (Å²) >= 11 is 0. The van der Waals surface area contributed by atoms with Crippen LogP contribution in [0.5, 0.6) is 5.75 Å². The maximum atomic E-state index is 13.6. The minimum Gasteiger partial charge on any atom is -0.494 e. The van der Waals surface area contributed by atoms with Gasteiger partial charge in [-0.3, -0.25) is 13.9 Å². The normalized spacial score (nSPS) is 11.0. The zero-order valence-electron chi connectivity index (χ0n) is 21.6. The number of nitrogens with zero attached hydrogens (tertiary/aromatic N) is 2. The van der Waals surface area contributed by atoms with Crippen molar-refractivity contribution in [2.24, 2.45) is 0 Å². The summed E-state index contributed by atoms with van der Waals surface area (Å²) in [5.74, 6) is -0.201. The van der Waals surface area contributed by atoms with Crippen LogP contribution in [0.15, 0.2) is 77.7 Å². The highest BCUT2D eigenvalue weighted by Gasteiger charge is 2.28. The van der Waals surface area contributed by atoms with Crippen LogP contribution < -0.4 is 14.4 Å². The highest BCUT2D eigenvalue weighted by Crippen LogP contribution is 2.27. The molecule has 0 aromatic heterocycles. The molecule has 3 aromatic rings. The van der Waals surface area contributed by atoms with E-state index in [1.54, 1.807) is 65.6 Å². The summed E-state index contributed by atoms with van der Waals surface area (Å²) in [6, 6.07) is 19.7. The van der Waals surface area contributed by atoms with Crippen LogP contribution in [-0.2, 0) is 14.8 Å². The summed E-state index contributed by atoms with van der Waals surface area (Å²) < 4.78 is 33.8. The van der Waals surface area contributed by atoms with E-state index >= 15 is 0 Å². The maximum absolute atomic E-state index is 13.6. The van der Waals surface area contributed by atoms with E-state index in [4.69, 9.17) is 4.74 Å². The Morgan fingerprint density at radius 1 is 0.865 bits per heavy atom. The number of para-hydroxylation sites is 1. The molecule has 0 fully saturated rings. The Balaban J connectivity index is 1.94. The molecule has 0 bridgehead atoms. The van der Waals surface area contributed by atoms with Crippen molar-refractivity contribution >= 4 is 33.2 Å². The largest absolute Gasteiger partial charge is 0.494 e. The molecule has 0 saturated heterocycles. The summed E-state index contributed by atoms with van der Waals surface area (Å²) in [5, 5.41) is 2.74. The van der Waals surface area contributed by atoms with Crippen molar-refractivity contribution in [1.29, 1.82) is 0 Å². The molecule has 3 rings (SSSR count). The van der Waals surface area contributed by atoms with E-state index in [2.05, 4.69) is 5.32 Å². The Morgan fingerprint density at radius 2 is 1.49 bits per heavy atom. The van der Waals surface area contributed by atoms with E-state index in [1.807, 2.05) is 27.7 Å². The predicted octanol–water partition coefficient (Wildman–Crippen LogP) is 4.71. The van der Waals surface area contributed by atoms with Gasteiger partial charge in [0, 0.05) is 13.1 Å². The second-order valence-electron chi connectivity index (χ2n) is 8.32. The van der Waals surface area contributed by atoms with Crippen molar-refractivity contribution in [1.82, 2.24) is 4.90 Å². The second kappa shape index (κ2) is 12.4. The zero-order valence-corrected chi connectivity index (χ0v) is 22.4. The van der Waals surface area contributed by atoms with E-state index in [-0.39, 0.29) is 10.8 Å². The summed E-state index contributed by atoms with van der Waals surface area (Å²) in [6.45, 7) is 8.52. The Hall–Kier alpha value is -3.85. The SMILES string of the molecule is CCOc1ccc(N(CC(=O)Nc2ccccc2C(=O)N(CC)CC)S(=O)(=O)c2ccc(C)cc2)cc1. The average Bonchev–Trinajstić information content (AvgIpc) is 2.89. The van der Waals surface area contributed by atoms with Crippen molar-refractivity contribution in [3.63, 3.8) is 0 Å². The lowest BCUT2D eigenvalue weighted by atomic mass is 10.1. The third kappa shape index (κ3) is 6.68. The van der Waals surface area contributed by atoms with Gasteiger partial charge in [0.25, 0.3) is 15.9 Å². The molecule has 3 aromatic carbocycles. The molecule has 0 aliphatic carbocycles. The smallest absolute Gasteiger partial charge is 0.264 e. The van der Waals surface area contributed by atoms with Crippen LogP contribution in [-0.4, -0.2) is 51.4 Å². The minimum atomic E-state index is -4.07. The molecule has 37 heavy (non-hydrogen) atoms. The van der Waals surface area contributed by atoms with Crippen LogP contribution in [0.3, 0.4) is 0 Å². The number of anilines is 2. The van der Waals surface area contributed by atoms with Crippen molar-refractivity contribution in [2.75, 3.05) is 35.9 Å². The highest BCUT2D eigenvalue weighted by atomic mass is 32.2. The van der Waals surface area contributed by atoms with Crippen LogP contribution >= 0.6 is 0 Å². The van der Waals surface area contributed by atoms with Gasteiger partial charge in [-0.1, -0.05) is 29.8 Å². The fraction of sp³-hybridized carbons (Fsp3) is 0.286. The van der Waals surface area contributed by atoms with E-state index in [9.17, 15) is 18.0 Å². The maximum Gasteiger partial charge on any atom is 0.264 e. The van der Waals surface area contributed by atoms with Gasteiger partial charge in [0.2, 0.25) is 5.91 Å². The lowest BCUT2D eigenvalue weighted by Gasteiger charge is -2.25. The number of rotatable bonds is 11. The molecule has 0 heterocycles. The van der Waals surface area contributed by atoms with Crippen LogP contribution in [0.2, 0.25) is 0 Å². The second-order valence-corrected chi connectivity index (χ2v) is 10.2.